The molecule has 2 heterocycles. The Morgan fingerprint density at radius 1 is 1.12 bits per heavy atom. The van der Waals surface area contributed by atoms with Gasteiger partial charge in [-0.3, -0.25) is 0 Å². The maximum Gasteiger partial charge on any atom is 0.240 e. The van der Waals surface area contributed by atoms with Crippen LogP contribution in [0, 0.1) is 6.92 Å². The summed E-state index contributed by atoms with van der Waals surface area (Å²) in [4.78, 5) is 0.888. The molecule has 4 nitrogen and oxygen atoms in total. The van der Waals surface area contributed by atoms with Crippen LogP contribution in [0.15, 0.2) is 63.5 Å². The normalized spacial score (nSPS) is 14.4. The smallest absolute Gasteiger partial charge is 0.240 e. The molecule has 0 amide bonds. The summed E-state index contributed by atoms with van der Waals surface area (Å²) in [6.45, 7) is 1.77. The predicted octanol–water partition coefficient (Wildman–Crippen LogP) is 3.33. The van der Waals surface area contributed by atoms with Crippen molar-refractivity contribution in [2.24, 2.45) is 0 Å². The number of thiophene rings is 2. The molecular weight excluding hydrogens is 362 g/mol. The average molecular weight is 380 g/mol. The van der Waals surface area contributed by atoms with E-state index in [1.807, 2.05) is 41.3 Å². The van der Waals surface area contributed by atoms with Gasteiger partial charge in [0.1, 0.15) is 5.60 Å². The zero-order valence-electron chi connectivity index (χ0n) is 13.0. The molecule has 0 aliphatic heterocycles. The highest BCUT2D eigenvalue weighted by molar-refractivity contribution is 7.89. The van der Waals surface area contributed by atoms with Gasteiger partial charge in [-0.1, -0.05) is 23.8 Å². The molecule has 0 aliphatic rings. The molecule has 0 fully saturated rings. The number of nitrogens with one attached hydrogen (secondary N) is 1. The Hall–Kier alpha value is -1.51. The highest BCUT2D eigenvalue weighted by Crippen LogP contribution is 2.33. The van der Waals surface area contributed by atoms with Crippen LogP contribution in [-0.2, 0) is 15.6 Å². The summed E-state index contributed by atoms with van der Waals surface area (Å²) in [5.41, 5.74) is 0.287. The summed E-state index contributed by atoms with van der Waals surface area (Å²) >= 11 is 2.86. The average Bonchev–Trinajstić information content (AvgIpc) is 3.26. The second kappa shape index (κ2) is 6.78. The van der Waals surface area contributed by atoms with Gasteiger partial charge < -0.3 is 5.11 Å². The lowest BCUT2D eigenvalue weighted by atomic mass is 9.95. The largest absolute Gasteiger partial charge is 0.378 e. The van der Waals surface area contributed by atoms with Crippen LogP contribution in [0.4, 0.5) is 0 Å². The Morgan fingerprint density at radius 2 is 1.88 bits per heavy atom. The van der Waals surface area contributed by atoms with E-state index in [4.69, 9.17) is 0 Å². The van der Waals surface area contributed by atoms with Crippen molar-refractivity contribution in [3.8, 4) is 0 Å². The van der Waals surface area contributed by atoms with Gasteiger partial charge in [-0.05, 0) is 47.3 Å². The molecule has 0 saturated heterocycles. The van der Waals surface area contributed by atoms with Gasteiger partial charge in [0.05, 0.1) is 4.90 Å². The van der Waals surface area contributed by atoms with E-state index >= 15 is 0 Å². The standard InChI is InChI=1S/C17H17NO3S3/c1-13-4-6-15(7-5-13)24(20,21)18-12-17(19,14-8-10-22-11-14)16-3-2-9-23-16/h2-11,18-19H,12H2,1H3. The lowest BCUT2D eigenvalue weighted by molar-refractivity contribution is 0.0903. The van der Waals surface area contributed by atoms with Gasteiger partial charge in [0, 0.05) is 17.0 Å². The molecule has 0 bridgehead atoms. The van der Waals surface area contributed by atoms with Crippen molar-refractivity contribution >= 4 is 32.7 Å². The second-order valence-corrected chi connectivity index (χ2v) is 8.98. The van der Waals surface area contributed by atoms with Crippen LogP contribution in [0.3, 0.4) is 0 Å². The van der Waals surface area contributed by atoms with Gasteiger partial charge in [-0.15, -0.1) is 11.3 Å². The predicted molar refractivity (Wildman–Crippen MR) is 98.0 cm³/mol. The zero-order chi connectivity index (χ0) is 17.2. The summed E-state index contributed by atoms with van der Waals surface area (Å²) in [5.74, 6) is 0. The van der Waals surface area contributed by atoms with Gasteiger partial charge in [0.2, 0.25) is 10.0 Å². The number of hydrogen-bond acceptors (Lipinski definition) is 5. The monoisotopic (exact) mass is 379 g/mol. The minimum Gasteiger partial charge on any atom is -0.378 e. The van der Waals surface area contributed by atoms with Crippen molar-refractivity contribution in [2.75, 3.05) is 6.54 Å². The van der Waals surface area contributed by atoms with Crippen LogP contribution in [0.2, 0.25) is 0 Å². The van der Waals surface area contributed by atoms with E-state index in [1.165, 1.54) is 22.7 Å². The molecule has 2 N–H and O–H groups in total. The second-order valence-electron chi connectivity index (χ2n) is 5.49. The molecule has 2 aromatic heterocycles. The lowest BCUT2D eigenvalue weighted by Gasteiger charge is -2.26. The van der Waals surface area contributed by atoms with Crippen LogP contribution in [0.1, 0.15) is 16.0 Å². The van der Waals surface area contributed by atoms with Crippen LogP contribution in [0.5, 0.6) is 0 Å². The van der Waals surface area contributed by atoms with Gasteiger partial charge >= 0.3 is 0 Å². The molecule has 126 valence electrons. The van der Waals surface area contributed by atoms with E-state index in [-0.39, 0.29) is 11.4 Å². The summed E-state index contributed by atoms with van der Waals surface area (Å²) in [5, 5.41) is 16.7. The number of aliphatic hydroxyl groups is 1. The first-order valence-corrected chi connectivity index (χ1v) is 10.6. The van der Waals surface area contributed by atoms with Crippen molar-refractivity contribution < 1.29 is 13.5 Å². The number of rotatable bonds is 6. The first-order chi connectivity index (χ1) is 11.4. The number of sulfonamides is 1. The number of hydrogen-bond donors (Lipinski definition) is 2. The quantitative estimate of drug-likeness (QED) is 0.690. The van der Waals surface area contributed by atoms with Gasteiger partial charge in [0.15, 0.2) is 0 Å². The van der Waals surface area contributed by atoms with E-state index < -0.39 is 15.6 Å². The molecule has 1 aromatic carbocycles. The molecule has 0 aliphatic carbocycles. The van der Waals surface area contributed by atoms with E-state index in [0.717, 1.165) is 5.56 Å². The Kier molecular flexibility index (Phi) is 4.89. The third-order valence-electron chi connectivity index (χ3n) is 3.78. The maximum absolute atomic E-state index is 12.5. The maximum atomic E-state index is 12.5. The molecule has 7 heteroatoms. The summed E-state index contributed by atoms with van der Waals surface area (Å²) in [6, 6.07) is 12.1. The van der Waals surface area contributed by atoms with Crippen LogP contribution >= 0.6 is 22.7 Å². The Morgan fingerprint density at radius 3 is 2.46 bits per heavy atom. The highest BCUT2D eigenvalue weighted by atomic mass is 32.2. The van der Waals surface area contributed by atoms with Crippen molar-refractivity contribution in [3.05, 3.63) is 74.6 Å². The van der Waals surface area contributed by atoms with Crippen molar-refractivity contribution in [2.45, 2.75) is 17.4 Å². The van der Waals surface area contributed by atoms with E-state index in [1.54, 1.807) is 24.3 Å². The van der Waals surface area contributed by atoms with Crippen molar-refractivity contribution in [1.82, 2.24) is 4.72 Å². The number of benzene rings is 1. The number of aryl methyl sites for hydroxylation is 1. The Labute approximate surface area is 149 Å². The molecule has 24 heavy (non-hydrogen) atoms. The third-order valence-corrected chi connectivity index (χ3v) is 6.90. The SMILES string of the molecule is Cc1ccc(S(=O)(=O)NCC(O)(c2ccsc2)c2cccs2)cc1. The summed E-state index contributed by atoms with van der Waals surface area (Å²) < 4.78 is 27.6. The minimum absolute atomic E-state index is 0.125. The first-order valence-electron chi connectivity index (χ1n) is 7.27. The van der Waals surface area contributed by atoms with Crippen LogP contribution < -0.4 is 4.72 Å². The van der Waals surface area contributed by atoms with Crippen molar-refractivity contribution in [3.63, 3.8) is 0 Å². The van der Waals surface area contributed by atoms with Gasteiger partial charge in [-0.25, -0.2) is 13.1 Å². The van der Waals surface area contributed by atoms with E-state index in [0.29, 0.717) is 10.4 Å². The molecule has 0 spiro atoms. The fourth-order valence-corrected chi connectivity index (χ4v) is 4.98. The van der Waals surface area contributed by atoms with E-state index in [9.17, 15) is 13.5 Å². The molecule has 3 rings (SSSR count). The Balaban J connectivity index is 1.88. The summed E-state index contributed by atoms with van der Waals surface area (Å²) in [6.07, 6.45) is 0. The van der Waals surface area contributed by atoms with Gasteiger partial charge in [-0.2, -0.15) is 11.3 Å². The van der Waals surface area contributed by atoms with E-state index in [2.05, 4.69) is 4.72 Å². The van der Waals surface area contributed by atoms with Crippen molar-refractivity contribution in [1.29, 1.82) is 0 Å². The minimum atomic E-state index is -3.69. The fourth-order valence-electron chi connectivity index (χ4n) is 2.35. The molecule has 0 radical (unpaired) electrons. The molecule has 1 atom stereocenters. The first kappa shape index (κ1) is 17.3. The topological polar surface area (TPSA) is 66.4 Å². The molecule has 1 unspecified atom stereocenters. The molecule has 3 aromatic rings. The van der Waals surface area contributed by atoms with Gasteiger partial charge in [0.25, 0.3) is 0 Å². The summed E-state index contributed by atoms with van der Waals surface area (Å²) in [7, 11) is -3.69. The fraction of sp³-hybridized carbons (Fsp3) is 0.176. The van der Waals surface area contributed by atoms with Crippen LogP contribution in [-0.4, -0.2) is 20.1 Å². The lowest BCUT2D eigenvalue weighted by Crippen LogP contribution is -2.40. The Bertz CT molecular complexity index is 849. The molecule has 0 saturated carbocycles. The molecular formula is C17H17NO3S3. The zero-order valence-corrected chi connectivity index (χ0v) is 15.4. The van der Waals surface area contributed by atoms with Crippen LogP contribution in [0.25, 0.3) is 0 Å². The highest BCUT2D eigenvalue weighted by Gasteiger charge is 2.34. The third kappa shape index (κ3) is 3.45.